The smallest absolute Gasteiger partial charge is 0.0176 e. The quantitative estimate of drug-likeness (QED) is 0.610. The average Bonchev–Trinajstić information content (AvgIpc) is 2.05. The van der Waals surface area contributed by atoms with Crippen LogP contribution in [0.4, 0.5) is 0 Å². The van der Waals surface area contributed by atoms with E-state index >= 15 is 0 Å². The molecule has 0 heterocycles. The van der Waals surface area contributed by atoms with Crippen LogP contribution >= 0.6 is 15.9 Å². The monoisotopic (exact) mass is 234 g/mol. The lowest BCUT2D eigenvalue weighted by Crippen LogP contribution is -2.29. The Balaban J connectivity index is 4.32. The van der Waals surface area contributed by atoms with Crippen molar-refractivity contribution in [3.05, 3.63) is 0 Å². The number of hydrogen-bond acceptors (Lipinski definition) is 0. The first-order valence-electron chi connectivity index (χ1n) is 5.13. The molecule has 0 N–H and O–H groups in total. The molecule has 0 nitrogen and oxygen atoms in total. The topological polar surface area (TPSA) is 0 Å². The van der Waals surface area contributed by atoms with Gasteiger partial charge in [0.15, 0.2) is 0 Å². The minimum Gasteiger partial charge on any atom is -0.0888 e. The van der Waals surface area contributed by atoms with Gasteiger partial charge in [-0.3, -0.25) is 0 Å². The Morgan fingerprint density at radius 1 is 1.08 bits per heavy atom. The SMILES string of the molecule is CCC(Br)C(CC)C(C)(C)CC. The fraction of sp³-hybridized carbons (Fsp3) is 1.00. The van der Waals surface area contributed by atoms with E-state index in [0.29, 0.717) is 10.2 Å². The standard InChI is InChI=1S/C11H23Br/c1-6-9(10(12)7-2)11(4,5)8-3/h9-10H,6-8H2,1-5H3. The highest BCUT2D eigenvalue weighted by molar-refractivity contribution is 9.09. The molecule has 0 aromatic carbocycles. The van der Waals surface area contributed by atoms with Crippen LogP contribution in [0.15, 0.2) is 0 Å². The molecule has 0 saturated carbocycles. The molecule has 12 heavy (non-hydrogen) atoms. The third-order valence-electron chi connectivity index (χ3n) is 3.18. The van der Waals surface area contributed by atoms with Crippen molar-refractivity contribution in [3.8, 4) is 0 Å². The molecule has 0 amide bonds. The Morgan fingerprint density at radius 3 is 1.83 bits per heavy atom. The maximum absolute atomic E-state index is 3.78. The summed E-state index contributed by atoms with van der Waals surface area (Å²) in [5.74, 6) is 0.812. The van der Waals surface area contributed by atoms with E-state index in [0.717, 1.165) is 5.92 Å². The van der Waals surface area contributed by atoms with E-state index in [4.69, 9.17) is 0 Å². The predicted molar refractivity (Wildman–Crippen MR) is 60.9 cm³/mol. The van der Waals surface area contributed by atoms with Gasteiger partial charge in [0.25, 0.3) is 0 Å². The molecule has 0 saturated heterocycles. The second kappa shape index (κ2) is 5.26. The Bertz CT molecular complexity index is 118. The summed E-state index contributed by atoms with van der Waals surface area (Å²) >= 11 is 3.78. The lowest BCUT2D eigenvalue weighted by Gasteiger charge is -2.36. The summed E-state index contributed by atoms with van der Waals surface area (Å²) in [6.07, 6.45) is 3.79. The third-order valence-corrected chi connectivity index (χ3v) is 4.47. The van der Waals surface area contributed by atoms with E-state index in [1.807, 2.05) is 0 Å². The van der Waals surface area contributed by atoms with Gasteiger partial charge >= 0.3 is 0 Å². The van der Waals surface area contributed by atoms with Gasteiger partial charge in [-0.2, -0.15) is 0 Å². The molecule has 2 unspecified atom stereocenters. The van der Waals surface area contributed by atoms with Crippen molar-refractivity contribution in [2.45, 2.75) is 58.7 Å². The molecule has 0 spiro atoms. The molecule has 0 fully saturated rings. The summed E-state index contributed by atoms with van der Waals surface area (Å²) in [5, 5.41) is 0. The molecule has 1 heteroatoms. The van der Waals surface area contributed by atoms with Gasteiger partial charge in [-0.1, -0.05) is 63.4 Å². The Kier molecular flexibility index (Phi) is 5.47. The van der Waals surface area contributed by atoms with Crippen molar-refractivity contribution < 1.29 is 0 Å². The number of hydrogen-bond donors (Lipinski definition) is 0. The summed E-state index contributed by atoms with van der Waals surface area (Å²) in [4.78, 5) is 0.692. The van der Waals surface area contributed by atoms with Gasteiger partial charge in [0.1, 0.15) is 0 Å². The van der Waals surface area contributed by atoms with Crippen molar-refractivity contribution in [2.75, 3.05) is 0 Å². The van der Waals surface area contributed by atoms with E-state index in [1.54, 1.807) is 0 Å². The van der Waals surface area contributed by atoms with Crippen molar-refractivity contribution in [1.29, 1.82) is 0 Å². The molecule has 0 aromatic rings. The molecule has 0 aliphatic rings. The van der Waals surface area contributed by atoms with Crippen molar-refractivity contribution in [1.82, 2.24) is 0 Å². The van der Waals surface area contributed by atoms with Crippen LogP contribution in [-0.2, 0) is 0 Å². The molecular formula is C11H23Br. The van der Waals surface area contributed by atoms with Crippen molar-refractivity contribution in [3.63, 3.8) is 0 Å². The van der Waals surface area contributed by atoms with E-state index < -0.39 is 0 Å². The maximum Gasteiger partial charge on any atom is 0.0176 e. The normalized spacial score (nSPS) is 17.5. The summed E-state index contributed by atoms with van der Waals surface area (Å²) in [6, 6.07) is 0. The van der Waals surface area contributed by atoms with Gasteiger partial charge in [-0.15, -0.1) is 0 Å². The van der Waals surface area contributed by atoms with Gasteiger partial charge in [0.05, 0.1) is 0 Å². The van der Waals surface area contributed by atoms with Gasteiger partial charge < -0.3 is 0 Å². The molecule has 0 aromatic heterocycles. The fourth-order valence-electron chi connectivity index (χ4n) is 1.84. The van der Waals surface area contributed by atoms with Gasteiger partial charge in [0, 0.05) is 4.83 Å². The van der Waals surface area contributed by atoms with Crippen molar-refractivity contribution >= 4 is 15.9 Å². The Hall–Kier alpha value is 0.480. The van der Waals surface area contributed by atoms with Gasteiger partial charge in [-0.05, 0) is 17.8 Å². The highest BCUT2D eigenvalue weighted by atomic mass is 79.9. The molecule has 2 atom stereocenters. The zero-order valence-electron chi connectivity index (χ0n) is 9.15. The minimum absolute atomic E-state index is 0.485. The number of rotatable bonds is 5. The maximum atomic E-state index is 3.78. The van der Waals surface area contributed by atoms with Crippen LogP contribution in [0.5, 0.6) is 0 Å². The molecule has 74 valence electrons. The molecule has 0 aliphatic carbocycles. The molecule has 0 aliphatic heterocycles. The van der Waals surface area contributed by atoms with Crippen molar-refractivity contribution in [2.24, 2.45) is 11.3 Å². The predicted octanol–water partition coefficient (Wildman–Crippen LogP) is 4.62. The highest BCUT2D eigenvalue weighted by Crippen LogP contribution is 2.38. The fourth-order valence-corrected chi connectivity index (χ4v) is 2.93. The zero-order valence-corrected chi connectivity index (χ0v) is 10.7. The number of alkyl halides is 1. The number of halogens is 1. The highest BCUT2D eigenvalue weighted by Gasteiger charge is 2.30. The zero-order chi connectivity index (χ0) is 9.78. The Labute approximate surface area is 86.3 Å². The largest absolute Gasteiger partial charge is 0.0888 e. The van der Waals surface area contributed by atoms with Crippen LogP contribution in [-0.4, -0.2) is 4.83 Å². The lowest BCUT2D eigenvalue weighted by atomic mass is 9.73. The molecule has 0 rings (SSSR count). The van der Waals surface area contributed by atoms with E-state index in [1.165, 1.54) is 19.3 Å². The average molecular weight is 235 g/mol. The second-order valence-electron chi connectivity index (χ2n) is 4.28. The van der Waals surface area contributed by atoms with E-state index in [-0.39, 0.29) is 0 Å². The molecule has 0 radical (unpaired) electrons. The minimum atomic E-state index is 0.485. The van der Waals surface area contributed by atoms with Crippen LogP contribution in [0.25, 0.3) is 0 Å². The first-order valence-corrected chi connectivity index (χ1v) is 6.05. The van der Waals surface area contributed by atoms with Crippen LogP contribution < -0.4 is 0 Å². The van der Waals surface area contributed by atoms with Crippen LogP contribution in [0, 0.1) is 11.3 Å². The molecular weight excluding hydrogens is 212 g/mol. The van der Waals surface area contributed by atoms with E-state index in [2.05, 4.69) is 50.5 Å². The van der Waals surface area contributed by atoms with Crippen LogP contribution in [0.2, 0.25) is 0 Å². The summed E-state index contributed by atoms with van der Waals surface area (Å²) < 4.78 is 0. The first kappa shape index (κ1) is 12.5. The molecule has 0 bridgehead atoms. The third kappa shape index (κ3) is 3.08. The lowest BCUT2D eigenvalue weighted by molar-refractivity contribution is 0.192. The summed E-state index contributed by atoms with van der Waals surface area (Å²) in [7, 11) is 0. The first-order chi connectivity index (χ1) is 5.49. The van der Waals surface area contributed by atoms with Gasteiger partial charge in [0.2, 0.25) is 0 Å². The summed E-state index contributed by atoms with van der Waals surface area (Å²) in [6.45, 7) is 11.6. The summed E-state index contributed by atoms with van der Waals surface area (Å²) in [5.41, 5.74) is 0.485. The Morgan fingerprint density at radius 2 is 1.58 bits per heavy atom. The second-order valence-corrected chi connectivity index (χ2v) is 5.46. The van der Waals surface area contributed by atoms with Crippen LogP contribution in [0.1, 0.15) is 53.9 Å². The van der Waals surface area contributed by atoms with Crippen LogP contribution in [0.3, 0.4) is 0 Å². The van der Waals surface area contributed by atoms with E-state index in [9.17, 15) is 0 Å². The van der Waals surface area contributed by atoms with Gasteiger partial charge in [-0.25, -0.2) is 0 Å².